The first-order valence-electron chi connectivity index (χ1n) is 5.80. The highest BCUT2D eigenvalue weighted by atomic mass is 16.5. The second-order valence-electron chi connectivity index (χ2n) is 4.29. The van der Waals surface area contributed by atoms with Crippen LogP contribution in [-0.2, 0) is 6.61 Å². The predicted octanol–water partition coefficient (Wildman–Crippen LogP) is 2.56. The Morgan fingerprint density at radius 2 is 1.89 bits per heavy atom. The van der Waals surface area contributed by atoms with Crippen molar-refractivity contribution in [3.05, 3.63) is 53.3 Å². The normalized spacial score (nSPS) is 10.2. The quantitative estimate of drug-likeness (QED) is 0.640. The van der Waals surface area contributed by atoms with Crippen molar-refractivity contribution < 1.29 is 4.74 Å². The Kier molecular flexibility index (Phi) is 3.79. The van der Waals surface area contributed by atoms with Crippen molar-refractivity contribution in [2.45, 2.75) is 20.5 Å². The van der Waals surface area contributed by atoms with Gasteiger partial charge in [-0.2, -0.15) is 0 Å². The Morgan fingerprint density at radius 1 is 1.17 bits per heavy atom. The lowest BCUT2D eigenvalue weighted by Gasteiger charge is -2.08. The van der Waals surface area contributed by atoms with Crippen molar-refractivity contribution in [1.82, 2.24) is 4.98 Å². The summed E-state index contributed by atoms with van der Waals surface area (Å²) in [6.45, 7) is 4.53. The minimum Gasteiger partial charge on any atom is -0.487 e. The fraction of sp³-hybridized carbons (Fsp3) is 0.214. The zero-order valence-corrected chi connectivity index (χ0v) is 10.6. The number of pyridine rings is 1. The van der Waals surface area contributed by atoms with Crippen molar-refractivity contribution in [3.8, 4) is 5.75 Å². The average molecular weight is 243 g/mol. The van der Waals surface area contributed by atoms with Gasteiger partial charge in [-0.25, -0.2) is 0 Å². The third kappa shape index (κ3) is 3.21. The number of hydrogen-bond acceptors (Lipinski definition) is 4. The Hall–Kier alpha value is -2.07. The Bertz CT molecular complexity index is 520. The molecule has 18 heavy (non-hydrogen) atoms. The molecule has 0 unspecified atom stereocenters. The highest BCUT2D eigenvalue weighted by Crippen LogP contribution is 2.17. The molecule has 0 aliphatic heterocycles. The van der Waals surface area contributed by atoms with Crippen LogP contribution in [0.2, 0.25) is 0 Å². The number of nitrogens with zero attached hydrogens (tertiary/aromatic N) is 1. The molecular formula is C14H17N3O. The summed E-state index contributed by atoms with van der Waals surface area (Å²) in [5.74, 6) is 6.21. The fourth-order valence-corrected chi connectivity index (χ4v) is 1.82. The predicted molar refractivity (Wildman–Crippen MR) is 72.3 cm³/mol. The average Bonchev–Trinajstić information content (AvgIpc) is 2.35. The molecule has 0 aliphatic carbocycles. The van der Waals surface area contributed by atoms with Crippen molar-refractivity contribution in [2.24, 2.45) is 5.84 Å². The largest absolute Gasteiger partial charge is 0.487 e. The standard InChI is InChI=1S/C14H17N3O/c1-10-5-11(2)7-14(6-10)18-9-13-8-12(17-15)3-4-16-13/h3-8H,9,15H2,1-2H3,(H,16,17). The van der Waals surface area contributed by atoms with Gasteiger partial charge in [-0.3, -0.25) is 10.8 Å². The molecule has 0 bridgehead atoms. The second kappa shape index (κ2) is 5.51. The van der Waals surface area contributed by atoms with Crippen LogP contribution in [0.15, 0.2) is 36.5 Å². The van der Waals surface area contributed by atoms with Crippen LogP contribution < -0.4 is 16.0 Å². The summed E-state index contributed by atoms with van der Waals surface area (Å²) in [5.41, 5.74) is 6.63. The van der Waals surface area contributed by atoms with E-state index in [1.165, 1.54) is 11.1 Å². The molecule has 0 saturated carbocycles. The van der Waals surface area contributed by atoms with E-state index in [9.17, 15) is 0 Å². The van der Waals surface area contributed by atoms with E-state index >= 15 is 0 Å². The van der Waals surface area contributed by atoms with Gasteiger partial charge in [0.2, 0.25) is 0 Å². The van der Waals surface area contributed by atoms with Crippen LogP contribution >= 0.6 is 0 Å². The third-order valence-corrected chi connectivity index (χ3v) is 2.57. The molecular weight excluding hydrogens is 226 g/mol. The summed E-state index contributed by atoms with van der Waals surface area (Å²) in [4.78, 5) is 4.23. The van der Waals surface area contributed by atoms with Crippen LogP contribution in [-0.4, -0.2) is 4.98 Å². The molecule has 1 heterocycles. The summed E-state index contributed by atoms with van der Waals surface area (Å²) in [6.07, 6.45) is 1.70. The van der Waals surface area contributed by atoms with Gasteiger partial charge in [0.1, 0.15) is 12.4 Å². The number of aromatic nitrogens is 1. The van der Waals surface area contributed by atoms with Crippen LogP contribution in [0.5, 0.6) is 5.75 Å². The van der Waals surface area contributed by atoms with Gasteiger partial charge in [0.25, 0.3) is 0 Å². The molecule has 1 aromatic heterocycles. The number of ether oxygens (including phenoxy) is 1. The zero-order valence-electron chi connectivity index (χ0n) is 10.6. The molecule has 1 aromatic carbocycles. The maximum absolute atomic E-state index is 5.72. The molecule has 0 radical (unpaired) electrons. The monoisotopic (exact) mass is 243 g/mol. The van der Waals surface area contributed by atoms with Crippen molar-refractivity contribution in [1.29, 1.82) is 0 Å². The number of benzene rings is 1. The molecule has 4 nitrogen and oxygen atoms in total. The first-order valence-corrected chi connectivity index (χ1v) is 5.80. The van der Waals surface area contributed by atoms with E-state index in [0.717, 1.165) is 17.1 Å². The summed E-state index contributed by atoms with van der Waals surface area (Å²) >= 11 is 0. The molecule has 0 saturated heterocycles. The lowest BCUT2D eigenvalue weighted by Crippen LogP contribution is -2.08. The maximum Gasteiger partial charge on any atom is 0.130 e. The zero-order chi connectivity index (χ0) is 13.0. The van der Waals surface area contributed by atoms with Gasteiger partial charge < -0.3 is 10.2 Å². The minimum absolute atomic E-state index is 0.429. The molecule has 0 amide bonds. The summed E-state index contributed by atoms with van der Waals surface area (Å²) in [5, 5.41) is 0. The van der Waals surface area contributed by atoms with Crippen LogP contribution in [0.1, 0.15) is 16.8 Å². The summed E-state index contributed by atoms with van der Waals surface area (Å²) in [6, 6.07) is 9.81. The SMILES string of the molecule is Cc1cc(C)cc(OCc2cc(NN)ccn2)c1. The lowest BCUT2D eigenvalue weighted by molar-refractivity contribution is 0.301. The van der Waals surface area contributed by atoms with E-state index in [0.29, 0.717) is 6.61 Å². The Morgan fingerprint density at radius 3 is 2.56 bits per heavy atom. The highest BCUT2D eigenvalue weighted by molar-refractivity contribution is 5.41. The van der Waals surface area contributed by atoms with Gasteiger partial charge in [0.15, 0.2) is 0 Å². The van der Waals surface area contributed by atoms with Gasteiger partial charge in [-0.1, -0.05) is 6.07 Å². The van der Waals surface area contributed by atoms with Gasteiger partial charge in [-0.15, -0.1) is 0 Å². The maximum atomic E-state index is 5.72. The number of hydrogen-bond donors (Lipinski definition) is 2. The molecule has 0 atom stereocenters. The van der Waals surface area contributed by atoms with E-state index in [-0.39, 0.29) is 0 Å². The number of nitrogens with two attached hydrogens (primary N) is 1. The smallest absolute Gasteiger partial charge is 0.130 e. The number of nitrogen functional groups attached to an aromatic ring is 1. The molecule has 2 aromatic rings. The summed E-state index contributed by atoms with van der Waals surface area (Å²) in [7, 11) is 0. The van der Waals surface area contributed by atoms with E-state index < -0.39 is 0 Å². The second-order valence-corrected chi connectivity index (χ2v) is 4.29. The van der Waals surface area contributed by atoms with Crippen molar-refractivity contribution in [2.75, 3.05) is 5.43 Å². The van der Waals surface area contributed by atoms with Gasteiger partial charge in [0, 0.05) is 6.20 Å². The number of nitrogens with one attached hydrogen (secondary N) is 1. The van der Waals surface area contributed by atoms with Crippen molar-refractivity contribution in [3.63, 3.8) is 0 Å². The first kappa shape index (κ1) is 12.4. The van der Waals surface area contributed by atoms with E-state index in [1.807, 2.05) is 18.2 Å². The fourth-order valence-electron chi connectivity index (χ4n) is 1.82. The number of rotatable bonds is 4. The van der Waals surface area contributed by atoms with Gasteiger partial charge in [0.05, 0.1) is 11.4 Å². The number of anilines is 1. The van der Waals surface area contributed by atoms with Crippen LogP contribution in [0, 0.1) is 13.8 Å². The highest BCUT2D eigenvalue weighted by Gasteiger charge is 2.00. The molecule has 0 fully saturated rings. The third-order valence-electron chi connectivity index (χ3n) is 2.57. The summed E-state index contributed by atoms with van der Waals surface area (Å²) < 4.78 is 5.72. The van der Waals surface area contributed by atoms with Gasteiger partial charge in [-0.05, 0) is 49.2 Å². The van der Waals surface area contributed by atoms with Crippen LogP contribution in [0.3, 0.4) is 0 Å². The number of aryl methyl sites for hydroxylation is 2. The van der Waals surface area contributed by atoms with E-state index in [4.69, 9.17) is 10.6 Å². The number of hydrazine groups is 1. The topological polar surface area (TPSA) is 60.2 Å². The van der Waals surface area contributed by atoms with Gasteiger partial charge >= 0.3 is 0 Å². The Balaban J connectivity index is 2.06. The molecule has 94 valence electrons. The first-order chi connectivity index (χ1) is 8.67. The lowest BCUT2D eigenvalue weighted by atomic mass is 10.1. The van der Waals surface area contributed by atoms with E-state index in [2.05, 4.69) is 30.3 Å². The molecule has 0 spiro atoms. The molecule has 2 rings (SSSR count). The van der Waals surface area contributed by atoms with Crippen LogP contribution in [0.4, 0.5) is 5.69 Å². The minimum atomic E-state index is 0.429. The van der Waals surface area contributed by atoms with Crippen molar-refractivity contribution >= 4 is 5.69 Å². The molecule has 3 N–H and O–H groups in total. The molecule has 0 aliphatic rings. The Labute approximate surface area is 107 Å². The van der Waals surface area contributed by atoms with E-state index in [1.54, 1.807) is 12.3 Å². The molecule has 4 heteroatoms. The van der Waals surface area contributed by atoms with Crippen LogP contribution in [0.25, 0.3) is 0 Å².